The third-order valence-corrected chi connectivity index (χ3v) is 7.00. The van der Waals surface area contributed by atoms with Gasteiger partial charge in [0.05, 0.1) is 0 Å². The van der Waals surface area contributed by atoms with E-state index in [-0.39, 0.29) is 0 Å². The summed E-state index contributed by atoms with van der Waals surface area (Å²) in [5.41, 5.74) is 0. The first-order chi connectivity index (χ1) is 8.74. The van der Waals surface area contributed by atoms with E-state index in [0.717, 1.165) is 6.42 Å². The zero-order chi connectivity index (χ0) is 13.4. The second-order valence-corrected chi connectivity index (χ2v) is 7.78. The molecule has 2 heteroatoms. The smallest absolute Gasteiger partial charge is 0.0376 e. The van der Waals surface area contributed by atoms with Gasteiger partial charge in [0.1, 0.15) is 0 Å². The van der Waals surface area contributed by atoms with Crippen molar-refractivity contribution in [3.8, 4) is 0 Å². The van der Waals surface area contributed by atoms with Gasteiger partial charge in [-0.05, 0) is 31.6 Å². The van der Waals surface area contributed by atoms with Crippen LogP contribution in [0.3, 0.4) is 0 Å². The fourth-order valence-corrected chi connectivity index (χ4v) is 5.68. The molecule has 0 aromatic heterocycles. The van der Waals surface area contributed by atoms with Crippen molar-refractivity contribution in [1.29, 1.82) is 0 Å². The molecule has 3 unspecified atom stereocenters. The highest BCUT2D eigenvalue weighted by Crippen LogP contribution is 2.30. The Hall–Kier alpha value is 0.150. The number of rotatable bonds is 8. The van der Waals surface area contributed by atoms with Gasteiger partial charge in [-0.3, -0.25) is 4.21 Å². The van der Waals surface area contributed by atoms with Crippen LogP contribution in [0.1, 0.15) is 85.0 Å². The van der Waals surface area contributed by atoms with Crippen LogP contribution in [0, 0.1) is 5.92 Å². The zero-order valence-electron chi connectivity index (χ0n) is 12.6. The number of unbranched alkanes of at least 4 members (excludes halogenated alkanes) is 1. The van der Waals surface area contributed by atoms with Crippen LogP contribution in [0.15, 0.2) is 0 Å². The Bertz CT molecular complexity index is 233. The predicted octanol–water partition coefficient (Wildman–Crippen LogP) is 5.06. The maximum Gasteiger partial charge on any atom is 0.0376 e. The van der Waals surface area contributed by atoms with Gasteiger partial charge in [-0.1, -0.05) is 59.3 Å². The summed E-state index contributed by atoms with van der Waals surface area (Å²) in [6.45, 7) is 6.77. The Kier molecular flexibility index (Phi) is 8.21. The first kappa shape index (κ1) is 16.2. The third-order valence-electron chi connectivity index (χ3n) is 4.56. The van der Waals surface area contributed by atoms with Gasteiger partial charge in [0.2, 0.25) is 0 Å². The van der Waals surface area contributed by atoms with E-state index >= 15 is 0 Å². The molecule has 0 heterocycles. The van der Waals surface area contributed by atoms with Crippen LogP contribution in [0.5, 0.6) is 0 Å². The van der Waals surface area contributed by atoms with E-state index < -0.39 is 10.8 Å². The molecule has 0 amide bonds. The molecule has 0 aromatic carbocycles. The van der Waals surface area contributed by atoms with E-state index in [9.17, 15) is 4.21 Å². The molecule has 1 nitrogen and oxygen atoms in total. The Labute approximate surface area is 117 Å². The summed E-state index contributed by atoms with van der Waals surface area (Å²) in [4.78, 5) is 0. The van der Waals surface area contributed by atoms with Crippen molar-refractivity contribution >= 4 is 10.8 Å². The quantitative estimate of drug-likeness (QED) is 0.603. The molecule has 0 spiro atoms. The second-order valence-electron chi connectivity index (χ2n) is 5.85. The summed E-state index contributed by atoms with van der Waals surface area (Å²) in [6.07, 6.45) is 12.6. The Morgan fingerprint density at radius 1 is 1.06 bits per heavy atom. The SMILES string of the molecule is CCCCC(CC)C(CC)S(=O)C1CCCCC1. The summed E-state index contributed by atoms with van der Waals surface area (Å²) >= 11 is 0. The van der Waals surface area contributed by atoms with Crippen LogP contribution in [0.4, 0.5) is 0 Å². The minimum Gasteiger partial charge on any atom is -0.259 e. The molecule has 0 radical (unpaired) electrons. The fraction of sp³-hybridized carbons (Fsp3) is 1.00. The van der Waals surface area contributed by atoms with Crippen molar-refractivity contribution in [3.63, 3.8) is 0 Å². The minimum absolute atomic E-state index is 0.463. The van der Waals surface area contributed by atoms with E-state index in [0.29, 0.717) is 16.4 Å². The average Bonchev–Trinajstić information content (AvgIpc) is 2.43. The largest absolute Gasteiger partial charge is 0.259 e. The van der Waals surface area contributed by atoms with Crippen LogP contribution < -0.4 is 0 Å². The lowest BCUT2D eigenvalue weighted by Crippen LogP contribution is -2.33. The molecule has 1 aliphatic carbocycles. The summed E-state index contributed by atoms with van der Waals surface area (Å²) in [7, 11) is -0.578. The normalized spacial score (nSPS) is 22.6. The Balaban J connectivity index is 2.58. The maximum atomic E-state index is 12.8. The summed E-state index contributed by atoms with van der Waals surface area (Å²) in [6, 6.07) is 0. The first-order valence-electron chi connectivity index (χ1n) is 8.13. The highest BCUT2D eigenvalue weighted by molar-refractivity contribution is 7.86. The Morgan fingerprint density at radius 3 is 2.22 bits per heavy atom. The molecule has 0 aliphatic heterocycles. The minimum atomic E-state index is -0.578. The lowest BCUT2D eigenvalue weighted by molar-refractivity contribution is 0.414. The molecular formula is C16H32OS. The zero-order valence-corrected chi connectivity index (χ0v) is 13.4. The van der Waals surface area contributed by atoms with Gasteiger partial charge in [0, 0.05) is 21.3 Å². The fourth-order valence-electron chi connectivity index (χ4n) is 3.35. The van der Waals surface area contributed by atoms with Crippen molar-refractivity contribution < 1.29 is 4.21 Å². The highest BCUT2D eigenvalue weighted by Gasteiger charge is 2.30. The van der Waals surface area contributed by atoms with Crippen LogP contribution in [-0.4, -0.2) is 14.7 Å². The molecule has 0 saturated heterocycles. The summed E-state index contributed by atoms with van der Waals surface area (Å²) in [5.74, 6) is 0.692. The highest BCUT2D eigenvalue weighted by atomic mass is 32.2. The average molecular weight is 272 g/mol. The van der Waals surface area contributed by atoms with Crippen LogP contribution >= 0.6 is 0 Å². The van der Waals surface area contributed by atoms with Crippen LogP contribution in [0.25, 0.3) is 0 Å². The number of hydrogen-bond donors (Lipinski definition) is 0. The molecule has 108 valence electrons. The van der Waals surface area contributed by atoms with Gasteiger partial charge in [-0.15, -0.1) is 0 Å². The predicted molar refractivity (Wildman–Crippen MR) is 82.4 cm³/mol. The van der Waals surface area contributed by atoms with E-state index in [1.54, 1.807) is 0 Å². The van der Waals surface area contributed by atoms with Crippen LogP contribution in [0.2, 0.25) is 0 Å². The number of hydrogen-bond acceptors (Lipinski definition) is 1. The molecule has 0 aromatic rings. The van der Waals surface area contributed by atoms with E-state index in [1.807, 2.05) is 0 Å². The summed E-state index contributed by atoms with van der Waals surface area (Å²) in [5, 5.41) is 0.976. The van der Waals surface area contributed by atoms with Crippen molar-refractivity contribution in [2.45, 2.75) is 95.5 Å². The molecule has 3 atom stereocenters. The molecular weight excluding hydrogens is 240 g/mol. The molecule has 1 saturated carbocycles. The first-order valence-corrected chi connectivity index (χ1v) is 9.41. The lowest BCUT2D eigenvalue weighted by Gasteiger charge is -2.30. The molecule has 1 rings (SSSR count). The van der Waals surface area contributed by atoms with Gasteiger partial charge in [-0.25, -0.2) is 0 Å². The van der Waals surface area contributed by atoms with E-state index in [4.69, 9.17) is 0 Å². The monoisotopic (exact) mass is 272 g/mol. The van der Waals surface area contributed by atoms with Crippen molar-refractivity contribution in [1.82, 2.24) is 0 Å². The van der Waals surface area contributed by atoms with Gasteiger partial charge in [-0.2, -0.15) is 0 Å². The summed E-state index contributed by atoms with van der Waals surface area (Å²) < 4.78 is 12.8. The standard InChI is InChI=1S/C16H32OS/c1-4-7-11-14(5-2)16(6-3)18(17)15-12-9-8-10-13-15/h14-16H,4-13H2,1-3H3. The van der Waals surface area contributed by atoms with Gasteiger partial charge < -0.3 is 0 Å². The van der Waals surface area contributed by atoms with Crippen molar-refractivity contribution in [2.75, 3.05) is 0 Å². The van der Waals surface area contributed by atoms with Gasteiger partial charge in [0.15, 0.2) is 0 Å². The van der Waals surface area contributed by atoms with Crippen molar-refractivity contribution in [3.05, 3.63) is 0 Å². The van der Waals surface area contributed by atoms with Gasteiger partial charge >= 0.3 is 0 Å². The van der Waals surface area contributed by atoms with Crippen molar-refractivity contribution in [2.24, 2.45) is 5.92 Å². The molecule has 1 aliphatic rings. The topological polar surface area (TPSA) is 17.1 Å². The van der Waals surface area contributed by atoms with Crippen LogP contribution in [-0.2, 0) is 10.8 Å². The molecule has 18 heavy (non-hydrogen) atoms. The Morgan fingerprint density at radius 2 is 1.72 bits per heavy atom. The third kappa shape index (κ3) is 4.68. The van der Waals surface area contributed by atoms with Gasteiger partial charge in [0.25, 0.3) is 0 Å². The maximum absolute atomic E-state index is 12.8. The molecule has 0 N–H and O–H groups in total. The molecule has 1 fully saturated rings. The second kappa shape index (κ2) is 9.12. The molecule has 0 bridgehead atoms. The van der Waals surface area contributed by atoms with E-state index in [1.165, 1.54) is 57.8 Å². The van der Waals surface area contributed by atoms with E-state index in [2.05, 4.69) is 20.8 Å². The lowest BCUT2D eigenvalue weighted by atomic mass is 9.94.